The van der Waals surface area contributed by atoms with Crippen LogP contribution in [-0.4, -0.2) is 44.6 Å². The molecule has 0 atom stereocenters. The third kappa shape index (κ3) is 3.80. The van der Waals surface area contributed by atoms with E-state index in [2.05, 4.69) is 15.5 Å². The Balaban J connectivity index is 1.41. The van der Waals surface area contributed by atoms with Gasteiger partial charge in [0.05, 0.1) is 13.1 Å². The van der Waals surface area contributed by atoms with E-state index in [-0.39, 0.29) is 24.0 Å². The lowest BCUT2D eigenvalue weighted by Crippen LogP contribution is -2.45. The zero-order chi connectivity index (χ0) is 16.2. The van der Waals surface area contributed by atoms with Gasteiger partial charge >= 0.3 is 5.69 Å². The van der Waals surface area contributed by atoms with Gasteiger partial charge in [-0.1, -0.05) is 25.7 Å². The highest BCUT2D eigenvalue weighted by Crippen LogP contribution is 2.28. The first-order valence-corrected chi connectivity index (χ1v) is 8.32. The molecule has 0 saturated heterocycles. The summed E-state index contributed by atoms with van der Waals surface area (Å²) in [5.41, 5.74) is -0.243. The molecule has 0 unspecified atom stereocenters. The molecule has 126 valence electrons. The van der Waals surface area contributed by atoms with E-state index in [1.807, 2.05) is 0 Å². The Labute approximate surface area is 134 Å². The topological polar surface area (TPSA) is 100 Å². The van der Waals surface area contributed by atoms with Crippen LogP contribution in [0.15, 0.2) is 4.79 Å². The van der Waals surface area contributed by atoms with Gasteiger partial charge in [-0.2, -0.15) is 5.10 Å². The molecule has 1 aliphatic carbocycles. The number of fused-ring (bicyclic) bond motifs is 1. The van der Waals surface area contributed by atoms with Crippen LogP contribution in [0.1, 0.15) is 44.3 Å². The highest BCUT2D eigenvalue weighted by molar-refractivity contribution is 5.84. The quantitative estimate of drug-likeness (QED) is 0.797. The van der Waals surface area contributed by atoms with E-state index < -0.39 is 0 Å². The molecule has 1 aromatic heterocycles. The molecular weight excluding hydrogens is 298 g/mol. The number of rotatable bonds is 5. The monoisotopic (exact) mass is 321 g/mol. The van der Waals surface area contributed by atoms with Crippen LogP contribution in [0.2, 0.25) is 0 Å². The van der Waals surface area contributed by atoms with Crippen LogP contribution in [0.3, 0.4) is 0 Å². The summed E-state index contributed by atoms with van der Waals surface area (Å²) in [6.45, 7) is 1.21. The first kappa shape index (κ1) is 15.8. The van der Waals surface area contributed by atoms with Crippen LogP contribution in [-0.2, 0) is 22.7 Å². The van der Waals surface area contributed by atoms with Crippen LogP contribution in [0.25, 0.3) is 0 Å². The second-order valence-electron chi connectivity index (χ2n) is 6.38. The number of carbonyl (C=O) groups excluding carboxylic acids is 2. The van der Waals surface area contributed by atoms with E-state index in [4.69, 9.17) is 0 Å². The predicted octanol–water partition coefficient (Wildman–Crippen LogP) is 0.000200. The molecule has 0 radical (unpaired) electrons. The van der Waals surface area contributed by atoms with Gasteiger partial charge in [-0.25, -0.2) is 9.89 Å². The molecule has 0 spiro atoms. The minimum atomic E-state index is -0.243. The summed E-state index contributed by atoms with van der Waals surface area (Å²) in [4.78, 5) is 37.0. The van der Waals surface area contributed by atoms with Crippen molar-refractivity contribution in [2.75, 3.05) is 13.1 Å². The predicted molar refractivity (Wildman–Crippen MR) is 82.5 cm³/mol. The summed E-state index contributed by atoms with van der Waals surface area (Å²) in [5, 5.41) is 8.99. The fraction of sp³-hybridized carbons (Fsp3) is 0.733. The lowest BCUT2D eigenvalue weighted by molar-refractivity contribution is -0.134. The number of H-pyrrole nitrogens is 1. The van der Waals surface area contributed by atoms with Crippen molar-refractivity contribution < 1.29 is 9.59 Å². The van der Waals surface area contributed by atoms with E-state index in [0.717, 1.165) is 6.42 Å². The number of hydrogen-bond donors (Lipinski definition) is 2. The van der Waals surface area contributed by atoms with Gasteiger partial charge in [0.2, 0.25) is 11.8 Å². The molecule has 0 bridgehead atoms. The van der Waals surface area contributed by atoms with E-state index >= 15 is 0 Å². The maximum atomic E-state index is 12.2. The molecule has 1 aliphatic heterocycles. The highest BCUT2D eigenvalue weighted by atomic mass is 16.2. The molecule has 3 rings (SSSR count). The number of nitrogens with zero attached hydrogens (tertiary/aromatic N) is 3. The molecule has 2 amide bonds. The van der Waals surface area contributed by atoms with Crippen molar-refractivity contribution in [2.24, 2.45) is 5.92 Å². The van der Waals surface area contributed by atoms with E-state index in [9.17, 15) is 14.4 Å². The Hall–Kier alpha value is -2.12. The lowest BCUT2D eigenvalue weighted by atomic mass is 10.0. The zero-order valence-corrected chi connectivity index (χ0v) is 13.2. The summed E-state index contributed by atoms with van der Waals surface area (Å²) in [7, 11) is 0. The fourth-order valence-corrected chi connectivity index (χ4v) is 3.39. The third-order valence-corrected chi connectivity index (χ3v) is 4.81. The van der Waals surface area contributed by atoms with E-state index in [1.165, 1.54) is 30.3 Å². The van der Waals surface area contributed by atoms with Crippen molar-refractivity contribution in [2.45, 2.75) is 51.6 Å². The minimum absolute atomic E-state index is 0.0121. The second-order valence-corrected chi connectivity index (χ2v) is 6.38. The fourth-order valence-electron chi connectivity index (χ4n) is 3.39. The molecule has 1 fully saturated rings. The average Bonchev–Trinajstić information content (AvgIpc) is 3.20. The van der Waals surface area contributed by atoms with Crippen LogP contribution in [0, 0.1) is 5.92 Å². The van der Waals surface area contributed by atoms with Crippen LogP contribution in [0.4, 0.5) is 0 Å². The molecule has 8 nitrogen and oxygen atoms in total. The van der Waals surface area contributed by atoms with Gasteiger partial charge < -0.3 is 10.2 Å². The zero-order valence-electron chi connectivity index (χ0n) is 13.2. The SMILES string of the molecule is O=C(CCC1CCCC1)NCC(=O)N1CCn2c(n[nH]c2=O)C1. The van der Waals surface area contributed by atoms with Crippen molar-refractivity contribution in [3.63, 3.8) is 0 Å². The van der Waals surface area contributed by atoms with Crippen molar-refractivity contribution in [3.05, 3.63) is 16.3 Å². The van der Waals surface area contributed by atoms with Crippen LogP contribution < -0.4 is 11.0 Å². The maximum Gasteiger partial charge on any atom is 0.343 e. The number of aromatic amines is 1. The average molecular weight is 321 g/mol. The van der Waals surface area contributed by atoms with Gasteiger partial charge in [-0.3, -0.25) is 14.2 Å². The molecule has 1 saturated carbocycles. The maximum absolute atomic E-state index is 12.2. The van der Waals surface area contributed by atoms with Gasteiger partial charge in [0.15, 0.2) is 5.82 Å². The number of aromatic nitrogens is 3. The van der Waals surface area contributed by atoms with E-state index in [1.54, 1.807) is 4.90 Å². The first-order chi connectivity index (χ1) is 11.1. The number of carbonyl (C=O) groups is 2. The van der Waals surface area contributed by atoms with Crippen molar-refractivity contribution in [3.8, 4) is 0 Å². The molecule has 0 aromatic carbocycles. The molecule has 23 heavy (non-hydrogen) atoms. The van der Waals surface area contributed by atoms with Gasteiger partial charge in [-0.05, 0) is 12.3 Å². The lowest BCUT2D eigenvalue weighted by Gasteiger charge is -2.26. The largest absolute Gasteiger partial charge is 0.347 e. The Morgan fingerprint density at radius 1 is 1.26 bits per heavy atom. The summed E-state index contributed by atoms with van der Waals surface area (Å²) in [6.07, 6.45) is 6.42. The van der Waals surface area contributed by atoms with Gasteiger partial charge in [0.1, 0.15) is 0 Å². The number of hydrogen-bond acceptors (Lipinski definition) is 4. The summed E-state index contributed by atoms with van der Waals surface area (Å²) in [6, 6.07) is 0. The third-order valence-electron chi connectivity index (χ3n) is 4.81. The van der Waals surface area contributed by atoms with Crippen molar-refractivity contribution in [1.82, 2.24) is 25.0 Å². The highest BCUT2D eigenvalue weighted by Gasteiger charge is 2.23. The molecule has 8 heteroatoms. The Morgan fingerprint density at radius 3 is 2.83 bits per heavy atom. The Kier molecular flexibility index (Phi) is 4.78. The summed E-state index contributed by atoms with van der Waals surface area (Å²) < 4.78 is 1.53. The number of amides is 2. The Bertz CT molecular complexity index is 629. The number of nitrogens with one attached hydrogen (secondary N) is 2. The second kappa shape index (κ2) is 6.97. The van der Waals surface area contributed by atoms with Crippen molar-refractivity contribution in [1.29, 1.82) is 0 Å². The standard InChI is InChI=1S/C15H23N5O3/c21-13(6-5-11-3-1-2-4-11)16-9-14(22)19-7-8-20-12(10-19)17-18-15(20)23/h11H,1-10H2,(H,16,21)(H,18,23). The van der Waals surface area contributed by atoms with E-state index in [0.29, 0.717) is 37.8 Å². The molecule has 2 aliphatic rings. The first-order valence-electron chi connectivity index (χ1n) is 8.32. The summed E-state index contributed by atoms with van der Waals surface area (Å²) >= 11 is 0. The molecule has 2 N–H and O–H groups in total. The smallest absolute Gasteiger partial charge is 0.343 e. The molecular formula is C15H23N5O3. The van der Waals surface area contributed by atoms with Crippen LogP contribution >= 0.6 is 0 Å². The Morgan fingerprint density at radius 2 is 2.04 bits per heavy atom. The summed E-state index contributed by atoms with van der Waals surface area (Å²) in [5.74, 6) is 1.04. The van der Waals surface area contributed by atoms with Gasteiger partial charge in [0, 0.05) is 19.5 Å². The molecule has 1 aromatic rings. The normalized spacial score (nSPS) is 18.0. The van der Waals surface area contributed by atoms with Crippen LogP contribution in [0.5, 0.6) is 0 Å². The molecule has 2 heterocycles. The van der Waals surface area contributed by atoms with Gasteiger partial charge in [0.25, 0.3) is 0 Å². The van der Waals surface area contributed by atoms with Gasteiger partial charge in [-0.15, -0.1) is 0 Å². The van der Waals surface area contributed by atoms with Crippen molar-refractivity contribution >= 4 is 11.8 Å². The minimum Gasteiger partial charge on any atom is -0.347 e.